The number of fused-ring (bicyclic) bond motifs is 1. The van der Waals surface area contributed by atoms with Crippen LogP contribution < -0.4 is 10.1 Å². The molecule has 0 saturated heterocycles. The highest BCUT2D eigenvalue weighted by Crippen LogP contribution is 2.38. The molecule has 1 heterocycles. The van der Waals surface area contributed by atoms with Crippen molar-refractivity contribution >= 4 is 5.91 Å². The third-order valence-corrected chi connectivity index (χ3v) is 6.65. The Morgan fingerprint density at radius 1 is 1.06 bits per heavy atom. The Morgan fingerprint density at radius 2 is 1.86 bits per heavy atom. The van der Waals surface area contributed by atoms with Gasteiger partial charge in [0.05, 0.1) is 6.04 Å². The Hall–Kier alpha value is -3.11. The van der Waals surface area contributed by atoms with Gasteiger partial charge in [-0.25, -0.2) is 0 Å². The summed E-state index contributed by atoms with van der Waals surface area (Å²) in [4.78, 5) is 15.3. The molecule has 3 aromatic carbocycles. The van der Waals surface area contributed by atoms with Gasteiger partial charge >= 0.3 is 0 Å². The first-order chi connectivity index (χ1) is 16.9. The van der Waals surface area contributed by atoms with E-state index in [9.17, 15) is 4.79 Å². The van der Waals surface area contributed by atoms with Gasteiger partial charge in [-0.15, -0.1) is 0 Å². The second kappa shape index (κ2) is 11.5. The van der Waals surface area contributed by atoms with E-state index in [1.807, 2.05) is 13.0 Å². The SMILES string of the molecule is CC[C@@H](Oc1ccc2c(c1)[C@@H](c1ccccc1)N(Cc1cccc(C)c1)CC2)C(=O)NCC(C)C. The third kappa shape index (κ3) is 6.32. The van der Waals surface area contributed by atoms with Crippen molar-refractivity contribution in [1.29, 1.82) is 0 Å². The van der Waals surface area contributed by atoms with Crippen LogP contribution >= 0.6 is 0 Å². The Bertz CT molecular complexity index is 1130. The van der Waals surface area contributed by atoms with Gasteiger partial charge in [0.15, 0.2) is 6.10 Å². The van der Waals surface area contributed by atoms with Gasteiger partial charge in [-0.2, -0.15) is 0 Å². The average molecular weight is 471 g/mol. The molecule has 4 heteroatoms. The fraction of sp³-hybridized carbons (Fsp3) is 0.387. The van der Waals surface area contributed by atoms with Crippen LogP contribution in [-0.4, -0.2) is 30.0 Å². The van der Waals surface area contributed by atoms with Gasteiger partial charge < -0.3 is 10.1 Å². The first-order valence-corrected chi connectivity index (χ1v) is 12.9. The van der Waals surface area contributed by atoms with Gasteiger partial charge in [0, 0.05) is 19.6 Å². The van der Waals surface area contributed by atoms with E-state index >= 15 is 0 Å². The van der Waals surface area contributed by atoms with E-state index in [0.717, 1.165) is 25.3 Å². The molecule has 0 spiro atoms. The van der Waals surface area contributed by atoms with Gasteiger partial charge in [-0.3, -0.25) is 9.69 Å². The highest BCUT2D eigenvalue weighted by Gasteiger charge is 2.30. The van der Waals surface area contributed by atoms with Gasteiger partial charge in [0.25, 0.3) is 5.91 Å². The zero-order valence-corrected chi connectivity index (χ0v) is 21.5. The molecule has 2 atom stereocenters. The largest absolute Gasteiger partial charge is 0.481 e. The molecule has 4 rings (SSSR count). The van der Waals surface area contributed by atoms with E-state index in [1.165, 1.54) is 27.8 Å². The number of nitrogens with zero attached hydrogens (tertiary/aromatic N) is 1. The molecule has 0 bridgehead atoms. The molecular weight excluding hydrogens is 432 g/mol. The van der Waals surface area contributed by atoms with Crippen molar-refractivity contribution in [2.24, 2.45) is 5.92 Å². The number of nitrogens with one attached hydrogen (secondary N) is 1. The van der Waals surface area contributed by atoms with Crippen LogP contribution in [0, 0.1) is 12.8 Å². The maximum absolute atomic E-state index is 12.7. The van der Waals surface area contributed by atoms with Crippen LogP contribution in [0.15, 0.2) is 72.8 Å². The summed E-state index contributed by atoms with van der Waals surface area (Å²) in [5.41, 5.74) is 6.51. The molecular formula is C31H38N2O2. The van der Waals surface area contributed by atoms with Gasteiger partial charge in [-0.05, 0) is 60.1 Å². The second-order valence-corrected chi connectivity index (χ2v) is 10.0. The Kier molecular flexibility index (Phi) is 8.25. The highest BCUT2D eigenvalue weighted by molar-refractivity contribution is 5.81. The van der Waals surface area contributed by atoms with Crippen molar-refractivity contribution in [3.63, 3.8) is 0 Å². The highest BCUT2D eigenvalue weighted by atomic mass is 16.5. The predicted octanol–water partition coefficient (Wildman–Crippen LogP) is 6.07. The molecule has 0 fully saturated rings. The number of amides is 1. The topological polar surface area (TPSA) is 41.6 Å². The molecule has 1 amide bonds. The lowest BCUT2D eigenvalue weighted by molar-refractivity contribution is -0.128. The molecule has 35 heavy (non-hydrogen) atoms. The van der Waals surface area contributed by atoms with Gasteiger partial charge in [-0.1, -0.05) is 87.0 Å². The Labute approximate surface area is 210 Å². The minimum Gasteiger partial charge on any atom is -0.481 e. The molecule has 0 unspecified atom stereocenters. The standard InChI is InChI=1S/C31H38N2O2/c1-5-29(31(34)32-20-22(2)3)35-27-15-14-25-16-17-33(21-24-11-9-10-23(4)18-24)30(28(25)19-27)26-12-7-6-8-13-26/h6-15,18-19,22,29-30H,5,16-17,20-21H2,1-4H3,(H,32,34)/t29-,30-/m1/s1. The summed E-state index contributed by atoms with van der Waals surface area (Å²) in [5.74, 6) is 1.12. The number of rotatable bonds is 9. The van der Waals surface area contributed by atoms with Crippen molar-refractivity contribution in [3.8, 4) is 5.75 Å². The molecule has 3 aromatic rings. The number of carbonyl (C=O) groups excluding carboxylic acids is 1. The van der Waals surface area contributed by atoms with Crippen molar-refractivity contribution in [2.75, 3.05) is 13.1 Å². The minimum absolute atomic E-state index is 0.0420. The average Bonchev–Trinajstić information content (AvgIpc) is 2.86. The molecule has 1 N–H and O–H groups in total. The third-order valence-electron chi connectivity index (χ3n) is 6.65. The number of hydrogen-bond donors (Lipinski definition) is 1. The smallest absolute Gasteiger partial charge is 0.261 e. The lowest BCUT2D eigenvalue weighted by Crippen LogP contribution is -2.39. The van der Waals surface area contributed by atoms with Crippen LogP contribution in [0.1, 0.15) is 61.1 Å². The van der Waals surface area contributed by atoms with Crippen molar-refractivity contribution in [2.45, 2.75) is 59.2 Å². The molecule has 4 nitrogen and oxygen atoms in total. The monoisotopic (exact) mass is 470 g/mol. The number of hydrogen-bond acceptors (Lipinski definition) is 3. The summed E-state index contributed by atoms with van der Waals surface area (Å²) in [6, 6.07) is 26.0. The van der Waals surface area contributed by atoms with Crippen molar-refractivity contribution in [1.82, 2.24) is 10.2 Å². The number of ether oxygens (including phenoxy) is 1. The summed E-state index contributed by atoms with van der Waals surface area (Å²) in [6.07, 6.45) is 1.13. The number of benzene rings is 3. The number of aryl methyl sites for hydroxylation is 1. The minimum atomic E-state index is -0.492. The molecule has 1 aliphatic rings. The Balaban J connectivity index is 1.63. The first kappa shape index (κ1) is 25.0. The lowest BCUT2D eigenvalue weighted by Gasteiger charge is -2.38. The summed E-state index contributed by atoms with van der Waals surface area (Å²) < 4.78 is 6.25. The van der Waals surface area contributed by atoms with Crippen molar-refractivity contribution < 1.29 is 9.53 Å². The zero-order valence-electron chi connectivity index (χ0n) is 21.5. The van der Waals surface area contributed by atoms with E-state index in [2.05, 4.69) is 97.7 Å². The maximum Gasteiger partial charge on any atom is 0.261 e. The molecule has 0 saturated carbocycles. The summed E-state index contributed by atoms with van der Waals surface area (Å²) in [7, 11) is 0. The second-order valence-electron chi connectivity index (χ2n) is 10.0. The zero-order chi connectivity index (χ0) is 24.8. The molecule has 1 aliphatic heterocycles. The van der Waals surface area contributed by atoms with E-state index in [4.69, 9.17) is 4.74 Å². The Morgan fingerprint density at radius 3 is 2.57 bits per heavy atom. The number of carbonyl (C=O) groups is 1. The van der Waals surface area contributed by atoms with Gasteiger partial charge in [0.1, 0.15) is 5.75 Å². The molecule has 0 radical (unpaired) electrons. The van der Waals surface area contributed by atoms with Crippen molar-refractivity contribution in [3.05, 3.63) is 101 Å². The normalized spacial score (nSPS) is 16.5. The van der Waals surface area contributed by atoms with E-state index in [0.29, 0.717) is 18.9 Å². The summed E-state index contributed by atoms with van der Waals surface area (Å²) >= 11 is 0. The summed E-state index contributed by atoms with van der Waals surface area (Å²) in [6.45, 7) is 10.9. The predicted molar refractivity (Wildman–Crippen MR) is 143 cm³/mol. The maximum atomic E-state index is 12.7. The van der Waals surface area contributed by atoms with E-state index in [1.54, 1.807) is 0 Å². The van der Waals surface area contributed by atoms with Crippen LogP contribution in [0.5, 0.6) is 5.75 Å². The molecule has 184 valence electrons. The summed E-state index contributed by atoms with van der Waals surface area (Å²) in [5, 5.41) is 3.02. The van der Waals surface area contributed by atoms with Crippen LogP contribution in [0.3, 0.4) is 0 Å². The lowest BCUT2D eigenvalue weighted by atomic mass is 9.87. The van der Waals surface area contributed by atoms with E-state index in [-0.39, 0.29) is 11.9 Å². The van der Waals surface area contributed by atoms with Crippen LogP contribution in [0.4, 0.5) is 0 Å². The fourth-order valence-electron chi connectivity index (χ4n) is 4.86. The van der Waals surface area contributed by atoms with Crippen LogP contribution in [-0.2, 0) is 17.8 Å². The molecule has 0 aliphatic carbocycles. The van der Waals surface area contributed by atoms with Gasteiger partial charge in [0.2, 0.25) is 0 Å². The first-order valence-electron chi connectivity index (χ1n) is 12.9. The quantitative estimate of drug-likeness (QED) is 0.413. The van der Waals surface area contributed by atoms with E-state index < -0.39 is 6.10 Å². The van der Waals surface area contributed by atoms with Crippen LogP contribution in [0.2, 0.25) is 0 Å². The molecule has 0 aromatic heterocycles. The van der Waals surface area contributed by atoms with Crippen LogP contribution in [0.25, 0.3) is 0 Å². The fourth-order valence-corrected chi connectivity index (χ4v) is 4.86.